The maximum Gasteiger partial charge on any atom is 0.142 e. The van der Waals surface area contributed by atoms with Crippen LogP contribution in [-0.4, -0.2) is 13.1 Å². The number of nitrogens with one attached hydrogen (secondary N) is 1. The molecule has 5 heteroatoms. The van der Waals surface area contributed by atoms with Gasteiger partial charge in [0.15, 0.2) is 0 Å². The van der Waals surface area contributed by atoms with Gasteiger partial charge in [0, 0.05) is 19.0 Å². The predicted octanol–water partition coefficient (Wildman–Crippen LogP) is 4.38. The van der Waals surface area contributed by atoms with E-state index in [9.17, 15) is 4.39 Å². The van der Waals surface area contributed by atoms with Crippen LogP contribution in [0, 0.1) is 11.7 Å². The molecule has 118 valence electrons. The zero-order valence-electron chi connectivity index (χ0n) is 12.0. The Morgan fingerprint density at radius 3 is 2.50 bits per heavy atom. The Morgan fingerprint density at radius 1 is 1.18 bits per heavy atom. The molecule has 1 aliphatic heterocycles. The molecule has 0 aliphatic carbocycles. The second-order valence-corrected chi connectivity index (χ2v) is 5.72. The Kier molecular flexibility index (Phi) is 6.21. The quantitative estimate of drug-likeness (QED) is 0.871. The summed E-state index contributed by atoms with van der Waals surface area (Å²) in [7, 11) is 0. The van der Waals surface area contributed by atoms with Crippen LogP contribution in [0.5, 0.6) is 0 Å². The molecule has 1 atom stereocenters. The van der Waals surface area contributed by atoms with Gasteiger partial charge in [0.05, 0.1) is 17.7 Å². The molecular weight excluding hydrogens is 324 g/mol. The lowest BCUT2D eigenvalue weighted by Gasteiger charge is -2.35. The van der Waals surface area contributed by atoms with E-state index >= 15 is 0 Å². The first-order valence-electron chi connectivity index (χ1n) is 7.05. The third-order valence-electron chi connectivity index (χ3n) is 3.79. The smallest absolute Gasteiger partial charge is 0.142 e. The molecule has 1 saturated heterocycles. The minimum Gasteiger partial charge on any atom is -0.368 e. The van der Waals surface area contributed by atoms with Crippen LogP contribution >= 0.6 is 24.0 Å². The van der Waals surface area contributed by atoms with E-state index in [1.54, 1.807) is 6.07 Å². The van der Waals surface area contributed by atoms with Crippen molar-refractivity contribution in [3.63, 3.8) is 0 Å². The number of benzene rings is 2. The van der Waals surface area contributed by atoms with Gasteiger partial charge in [0.1, 0.15) is 5.82 Å². The number of hydrogen-bond acceptors (Lipinski definition) is 2. The van der Waals surface area contributed by atoms with Crippen LogP contribution in [0.4, 0.5) is 4.39 Å². The molecule has 0 aromatic heterocycles. The lowest BCUT2D eigenvalue weighted by atomic mass is 9.90. The van der Waals surface area contributed by atoms with Crippen molar-refractivity contribution in [1.29, 1.82) is 0 Å². The summed E-state index contributed by atoms with van der Waals surface area (Å²) < 4.78 is 19.7. The Balaban J connectivity index is 0.00000176. The van der Waals surface area contributed by atoms with E-state index in [0.29, 0.717) is 12.5 Å². The zero-order chi connectivity index (χ0) is 14.7. The monoisotopic (exact) mass is 341 g/mol. The van der Waals surface area contributed by atoms with Gasteiger partial charge in [-0.2, -0.15) is 0 Å². The van der Waals surface area contributed by atoms with E-state index < -0.39 is 5.82 Å². The lowest BCUT2D eigenvalue weighted by Crippen LogP contribution is -2.45. The van der Waals surface area contributed by atoms with Crippen molar-refractivity contribution in [3.8, 4) is 0 Å². The van der Waals surface area contributed by atoms with Crippen molar-refractivity contribution in [2.75, 3.05) is 13.1 Å². The molecule has 0 radical (unpaired) electrons. The summed E-state index contributed by atoms with van der Waals surface area (Å²) in [4.78, 5) is 0. The van der Waals surface area contributed by atoms with E-state index in [0.717, 1.165) is 24.2 Å². The van der Waals surface area contributed by atoms with E-state index in [-0.39, 0.29) is 23.5 Å². The van der Waals surface area contributed by atoms with Gasteiger partial charge >= 0.3 is 0 Å². The third-order valence-corrected chi connectivity index (χ3v) is 4.09. The van der Waals surface area contributed by atoms with Crippen molar-refractivity contribution >= 4 is 24.0 Å². The fourth-order valence-corrected chi connectivity index (χ4v) is 2.60. The van der Waals surface area contributed by atoms with Crippen molar-refractivity contribution < 1.29 is 9.13 Å². The van der Waals surface area contributed by atoms with Gasteiger partial charge in [0.25, 0.3) is 0 Å². The molecule has 0 saturated carbocycles. The van der Waals surface area contributed by atoms with E-state index in [1.807, 2.05) is 36.4 Å². The van der Waals surface area contributed by atoms with Crippen LogP contribution in [0.2, 0.25) is 5.02 Å². The van der Waals surface area contributed by atoms with Gasteiger partial charge in [-0.1, -0.05) is 48.0 Å². The highest BCUT2D eigenvalue weighted by Crippen LogP contribution is 2.31. The summed E-state index contributed by atoms with van der Waals surface area (Å²) in [5, 5.41) is 3.38. The molecule has 1 aliphatic rings. The number of hydrogen-bond donors (Lipinski definition) is 1. The number of rotatable bonds is 5. The molecule has 2 aromatic carbocycles. The van der Waals surface area contributed by atoms with Crippen molar-refractivity contribution in [2.45, 2.75) is 12.7 Å². The number of ether oxygens (including phenoxy) is 1. The first kappa shape index (κ1) is 17.2. The second kappa shape index (κ2) is 7.93. The summed E-state index contributed by atoms with van der Waals surface area (Å²) in [5.74, 6) is -0.0240. The number of halogens is 3. The third kappa shape index (κ3) is 3.99. The van der Waals surface area contributed by atoms with Crippen LogP contribution in [0.3, 0.4) is 0 Å². The molecule has 3 rings (SSSR count). The molecule has 1 fully saturated rings. The highest BCUT2D eigenvalue weighted by atomic mass is 35.5. The average Bonchev–Trinajstić information content (AvgIpc) is 2.45. The Labute approximate surface area is 141 Å². The van der Waals surface area contributed by atoms with Crippen LogP contribution < -0.4 is 5.32 Å². The molecule has 1 N–H and O–H groups in total. The van der Waals surface area contributed by atoms with Gasteiger partial charge in [-0.25, -0.2) is 4.39 Å². The molecular formula is C17H18Cl2FNO. The molecule has 0 amide bonds. The van der Waals surface area contributed by atoms with E-state index in [4.69, 9.17) is 16.3 Å². The van der Waals surface area contributed by atoms with Gasteiger partial charge in [0.2, 0.25) is 0 Å². The summed E-state index contributed by atoms with van der Waals surface area (Å²) in [5.41, 5.74) is 1.96. The standard InChI is InChI=1S/C17H17ClFNO.ClH/c18-15-7-6-13(8-16(15)19)17(14-9-20-10-14)21-11-12-4-2-1-3-5-12;/h1-8,14,17,20H,9-11H2;1H/t17-;/m0./s1. The minimum absolute atomic E-state index is 0. The van der Waals surface area contributed by atoms with Crippen LogP contribution in [0.15, 0.2) is 48.5 Å². The van der Waals surface area contributed by atoms with Crippen molar-refractivity contribution in [1.82, 2.24) is 5.32 Å². The predicted molar refractivity (Wildman–Crippen MR) is 89.0 cm³/mol. The first-order chi connectivity index (χ1) is 10.2. The maximum atomic E-state index is 13.7. The summed E-state index contributed by atoms with van der Waals surface area (Å²) in [6, 6.07) is 14.9. The summed E-state index contributed by atoms with van der Waals surface area (Å²) >= 11 is 5.76. The highest BCUT2D eigenvalue weighted by Gasteiger charge is 2.29. The van der Waals surface area contributed by atoms with Crippen molar-refractivity contribution in [3.05, 3.63) is 70.5 Å². The average molecular weight is 342 g/mol. The molecule has 0 spiro atoms. The largest absolute Gasteiger partial charge is 0.368 e. The Hall–Kier alpha value is -1.13. The topological polar surface area (TPSA) is 21.3 Å². The summed E-state index contributed by atoms with van der Waals surface area (Å²) in [6.07, 6.45) is -0.113. The van der Waals surface area contributed by atoms with Crippen LogP contribution in [-0.2, 0) is 11.3 Å². The van der Waals surface area contributed by atoms with Gasteiger partial charge < -0.3 is 10.1 Å². The van der Waals surface area contributed by atoms with Crippen molar-refractivity contribution in [2.24, 2.45) is 5.92 Å². The fraction of sp³-hybridized carbons (Fsp3) is 0.294. The van der Waals surface area contributed by atoms with Gasteiger partial charge in [-0.05, 0) is 23.3 Å². The second-order valence-electron chi connectivity index (χ2n) is 5.31. The molecule has 2 nitrogen and oxygen atoms in total. The molecule has 1 heterocycles. The SMILES string of the molecule is Cl.Fc1cc([C@H](OCc2ccccc2)C2CNC2)ccc1Cl. The van der Waals surface area contributed by atoms with E-state index in [2.05, 4.69) is 5.32 Å². The first-order valence-corrected chi connectivity index (χ1v) is 7.43. The van der Waals surface area contributed by atoms with Gasteiger partial charge in [-0.3, -0.25) is 0 Å². The molecule has 22 heavy (non-hydrogen) atoms. The highest BCUT2D eigenvalue weighted by molar-refractivity contribution is 6.30. The van der Waals surface area contributed by atoms with Crippen LogP contribution in [0.1, 0.15) is 17.2 Å². The Morgan fingerprint density at radius 2 is 1.91 bits per heavy atom. The van der Waals surface area contributed by atoms with Crippen LogP contribution in [0.25, 0.3) is 0 Å². The Bertz CT molecular complexity index is 605. The van der Waals surface area contributed by atoms with E-state index in [1.165, 1.54) is 6.07 Å². The zero-order valence-corrected chi connectivity index (χ0v) is 13.5. The minimum atomic E-state index is -0.394. The lowest BCUT2D eigenvalue weighted by molar-refractivity contribution is -0.0172. The fourth-order valence-electron chi connectivity index (χ4n) is 2.48. The van der Waals surface area contributed by atoms with Gasteiger partial charge in [-0.15, -0.1) is 12.4 Å². The normalized spacial score (nSPS) is 15.7. The summed E-state index contributed by atoms with van der Waals surface area (Å²) in [6.45, 7) is 2.31. The maximum absolute atomic E-state index is 13.7. The molecule has 0 unspecified atom stereocenters. The molecule has 0 bridgehead atoms. The molecule has 2 aromatic rings.